The van der Waals surface area contributed by atoms with Crippen LogP contribution in [0.5, 0.6) is 5.75 Å². The third kappa shape index (κ3) is 2.99. The van der Waals surface area contributed by atoms with Gasteiger partial charge >= 0.3 is 0 Å². The number of benzene rings is 2. The molecule has 0 saturated heterocycles. The van der Waals surface area contributed by atoms with Crippen LogP contribution in [0, 0.1) is 5.82 Å². The second-order valence-corrected chi connectivity index (χ2v) is 5.66. The summed E-state index contributed by atoms with van der Waals surface area (Å²) in [6.45, 7) is 0. The third-order valence-electron chi connectivity index (χ3n) is 2.85. The van der Waals surface area contributed by atoms with Gasteiger partial charge in [-0.3, -0.25) is 0 Å². The van der Waals surface area contributed by atoms with Crippen molar-refractivity contribution in [3.05, 3.63) is 62.3 Å². The molecule has 2 rings (SSSR count). The molecule has 2 nitrogen and oxygen atoms in total. The van der Waals surface area contributed by atoms with E-state index in [0.717, 1.165) is 15.8 Å². The zero-order valence-electron chi connectivity index (χ0n) is 10.2. The fourth-order valence-corrected chi connectivity index (χ4v) is 2.89. The Balaban J connectivity index is 2.41. The summed E-state index contributed by atoms with van der Waals surface area (Å²) in [5, 5.41) is 0. The molecule has 2 aromatic carbocycles. The number of nitrogens with two attached hydrogens (primary N) is 1. The minimum absolute atomic E-state index is 0.319. The summed E-state index contributed by atoms with van der Waals surface area (Å²) in [6.07, 6.45) is 0. The summed E-state index contributed by atoms with van der Waals surface area (Å²) in [6, 6.07) is 10.00. The highest BCUT2D eigenvalue weighted by Crippen LogP contribution is 2.32. The molecular weight excluding hydrogens is 377 g/mol. The minimum Gasteiger partial charge on any atom is -0.496 e. The van der Waals surface area contributed by atoms with Crippen molar-refractivity contribution < 1.29 is 9.13 Å². The lowest BCUT2D eigenvalue weighted by Crippen LogP contribution is -2.13. The van der Waals surface area contributed by atoms with Crippen LogP contribution in [0.25, 0.3) is 0 Å². The first-order chi connectivity index (χ1) is 9.04. The van der Waals surface area contributed by atoms with Gasteiger partial charge in [0, 0.05) is 0 Å². The maximum absolute atomic E-state index is 13.5. The number of hydrogen-bond acceptors (Lipinski definition) is 2. The Morgan fingerprint density at radius 3 is 2.58 bits per heavy atom. The molecule has 100 valence electrons. The molecule has 0 aromatic heterocycles. The van der Waals surface area contributed by atoms with Crippen molar-refractivity contribution in [1.29, 1.82) is 0 Å². The van der Waals surface area contributed by atoms with Gasteiger partial charge in [-0.25, -0.2) is 4.39 Å². The number of hydrogen-bond donors (Lipinski definition) is 1. The first-order valence-electron chi connectivity index (χ1n) is 5.57. The van der Waals surface area contributed by atoms with Crippen molar-refractivity contribution in [3.63, 3.8) is 0 Å². The van der Waals surface area contributed by atoms with Gasteiger partial charge in [-0.2, -0.15) is 0 Å². The van der Waals surface area contributed by atoms with Crippen LogP contribution >= 0.6 is 31.9 Å². The van der Waals surface area contributed by atoms with Crippen molar-refractivity contribution in [2.75, 3.05) is 7.11 Å². The quantitative estimate of drug-likeness (QED) is 0.845. The van der Waals surface area contributed by atoms with Gasteiger partial charge in [0.15, 0.2) is 0 Å². The number of methoxy groups -OCH3 is 1. The number of halogens is 3. The molecule has 0 amide bonds. The monoisotopic (exact) mass is 387 g/mol. The lowest BCUT2D eigenvalue weighted by Gasteiger charge is -2.16. The molecule has 2 aromatic rings. The second kappa shape index (κ2) is 6.03. The summed E-state index contributed by atoms with van der Waals surface area (Å²) in [4.78, 5) is 0. The van der Waals surface area contributed by atoms with Crippen molar-refractivity contribution in [1.82, 2.24) is 0 Å². The number of rotatable bonds is 3. The smallest absolute Gasteiger partial charge is 0.137 e. The van der Waals surface area contributed by atoms with E-state index in [9.17, 15) is 4.39 Å². The van der Waals surface area contributed by atoms with Gasteiger partial charge in [0.2, 0.25) is 0 Å². The normalized spacial score (nSPS) is 12.3. The molecule has 0 saturated carbocycles. The van der Waals surface area contributed by atoms with Crippen molar-refractivity contribution in [2.45, 2.75) is 6.04 Å². The fraction of sp³-hybridized carbons (Fsp3) is 0.143. The van der Waals surface area contributed by atoms with E-state index in [1.807, 2.05) is 18.2 Å². The Bertz CT molecular complexity index is 604. The molecule has 0 bridgehead atoms. The van der Waals surface area contributed by atoms with Gasteiger partial charge in [-0.05, 0) is 61.2 Å². The first-order valence-corrected chi connectivity index (χ1v) is 7.16. The number of ether oxygens (including phenoxy) is 1. The maximum atomic E-state index is 13.5. The Morgan fingerprint density at radius 1 is 1.21 bits per heavy atom. The highest BCUT2D eigenvalue weighted by molar-refractivity contribution is 9.10. The van der Waals surface area contributed by atoms with Crippen LogP contribution in [-0.2, 0) is 0 Å². The highest BCUT2D eigenvalue weighted by atomic mass is 79.9. The van der Waals surface area contributed by atoms with Crippen molar-refractivity contribution in [3.8, 4) is 5.75 Å². The molecule has 1 unspecified atom stereocenters. The summed E-state index contributed by atoms with van der Waals surface area (Å²) < 4.78 is 19.9. The summed E-state index contributed by atoms with van der Waals surface area (Å²) in [5.74, 6) is 0.412. The SMILES string of the molecule is COc1ccc(C(N)c2cccc(F)c2Br)cc1Br. The molecule has 0 spiro atoms. The lowest BCUT2D eigenvalue weighted by atomic mass is 9.99. The van der Waals surface area contributed by atoms with Crippen LogP contribution in [0.3, 0.4) is 0 Å². The molecule has 5 heteroatoms. The predicted octanol–water partition coefficient (Wildman–Crippen LogP) is 4.41. The zero-order valence-corrected chi connectivity index (χ0v) is 13.3. The average molecular weight is 389 g/mol. The van der Waals surface area contributed by atoms with Crippen LogP contribution in [0.2, 0.25) is 0 Å². The van der Waals surface area contributed by atoms with E-state index in [1.54, 1.807) is 19.2 Å². The molecule has 0 fully saturated rings. The molecule has 0 aliphatic rings. The molecule has 1 atom stereocenters. The van der Waals surface area contributed by atoms with E-state index in [0.29, 0.717) is 10.0 Å². The van der Waals surface area contributed by atoms with E-state index in [-0.39, 0.29) is 5.82 Å². The first kappa shape index (κ1) is 14.5. The topological polar surface area (TPSA) is 35.2 Å². The minimum atomic E-state index is -0.410. The molecule has 0 radical (unpaired) electrons. The Labute approximate surface area is 128 Å². The van der Waals surface area contributed by atoms with Crippen LogP contribution in [-0.4, -0.2) is 7.11 Å². The summed E-state index contributed by atoms with van der Waals surface area (Å²) in [5.41, 5.74) is 7.77. The standard InChI is InChI=1S/C14H12Br2FNO/c1-19-12-6-5-8(7-10(12)15)14(18)9-3-2-4-11(17)13(9)16/h2-7,14H,18H2,1H3. The van der Waals surface area contributed by atoms with E-state index in [4.69, 9.17) is 10.5 Å². The Morgan fingerprint density at radius 2 is 1.95 bits per heavy atom. The van der Waals surface area contributed by atoms with Crippen molar-refractivity contribution in [2.24, 2.45) is 5.73 Å². The third-order valence-corrected chi connectivity index (χ3v) is 4.31. The fourth-order valence-electron chi connectivity index (χ4n) is 1.82. The molecule has 0 aliphatic heterocycles. The molecule has 0 aliphatic carbocycles. The lowest BCUT2D eigenvalue weighted by molar-refractivity contribution is 0.412. The van der Waals surface area contributed by atoms with Gasteiger partial charge in [-0.15, -0.1) is 0 Å². The van der Waals surface area contributed by atoms with Gasteiger partial charge < -0.3 is 10.5 Å². The second-order valence-electron chi connectivity index (χ2n) is 4.01. The molecule has 19 heavy (non-hydrogen) atoms. The molecular formula is C14H12Br2FNO. The summed E-state index contributed by atoms with van der Waals surface area (Å²) >= 11 is 6.65. The Kier molecular flexibility index (Phi) is 4.60. The van der Waals surface area contributed by atoms with Gasteiger partial charge in [-0.1, -0.05) is 18.2 Å². The molecule has 0 heterocycles. The van der Waals surface area contributed by atoms with Crippen molar-refractivity contribution >= 4 is 31.9 Å². The maximum Gasteiger partial charge on any atom is 0.137 e. The summed E-state index contributed by atoms with van der Waals surface area (Å²) in [7, 11) is 1.60. The van der Waals surface area contributed by atoms with Crippen LogP contribution < -0.4 is 10.5 Å². The van der Waals surface area contributed by atoms with Gasteiger partial charge in [0.1, 0.15) is 11.6 Å². The van der Waals surface area contributed by atoms with Gasteiger partial charge in [0.05, 0.1) is 22.1 Å². The van der Waals surface area contributed by atoms with Crippen LogP contribution in [0.15, 0.2) is 45.3 Å². The van der Waals surface area contributed by atoms with Crippen LogP contribution in [0.4, 0.5) is 4.39 Å². The molecule has 2 N–H and O–H groups in total. The van der Waals surface area contributed by atoms with Crippen LogP contribution in [0.1, 0.15) is 17.2 Å². The van der Waals surface area contributed by atoms with E-state index < -0.39 is 6.04 Å². The van der Waals surface area contributed by atoms with E-state index in [2.05, 4.69) is 31.9 Å². The zero-order chi connectivity index (χ0) is 14.0. The average Bonchev–Trinajstić information content (AvgIpc) is 2.41. The Hall–Kier alpha value is -0.910. The largest absolute Gasteiger partial charge is 0.496 e. The van der Waals surface area contributed by atoms with E-state index in [1.165, 1.54) is 6.07 Å². The van der Waals surface area contributed by atoms with E-state index >= 15 is 0 Å². The van der Waals surface area contributed by atoms with Gasteiger partial charge in [0.25, 0.3) is 0 Å². The highest BCUT2D eigenvalue weighted by Gasteiger charge is 2.15. The predicted molar refractivity (Wildman–Crippen MR) is 80.8 cm³/mol.